The van der Waals surface area contributed by atoms with Gasteiger partial charge in [0.05, 0.1) is 36.6 Å². The molecule has 0 saturated carbocycles. The van der Waals surface area contributed by atoms with Crippen molar-refractivity contribution in [3.8, 4) is 34.7 Å². The summed E-state index contributed by atoms with van der Waals surface area (Å²) in [6.07, 6.45) is 10.9. The van der Waals surface area contributed by atoms with Crippen LogP contribution in [0, 0.1) is 29.6 Å². The molecule has 4 amide bonds. The van der Waals surface area contributed by atoms with E-state index in [1.807, 2.05) is 57.2 Å². The summed E-state index contributed by atoms with van der Waals surface area (Å²) in [5.74, 6) is 0.232. The summed E-state index contributed by atoms with van der Waals surface area (Å²) in [5, 5.41) is 5.46. The Labute approximate surface area is 388 Å². The number of nitrogens with zero attached hydrogens (tertiary/aromatic N) is 5. The molecule has 4 aromatic rings. The third-order valence-electron chi connectivity index (χ3n) is 13.3. The smallest absolute Gasteiger partial charge is 0.324 e. The lowest BCUT2D eigenvalue weighted by atomic mass is 9.84. The van der Waals surface area contributed by atoms with Crippen molar-refractivity contribution >= 4 is 40.5 Å². The minimum absolute atomic E-state index is 0.0975. The van der Waals surface area contributed by atoms with Gasteiger partial charge in [-0.25, -0.2) is 5.43 Å². The third-order valence-corrected chi connectivity index (χ3v) is 13.3. The summed E-state index contributed by atoms with van der Waals surface area (Å²) in [6.45, 7) is 14.8. The van der Waals surface area contributed by atoms with Gasteiger partial charge in [-0.3, -0.25) is 34.0 Å². The lowest BCUT2D eigenvalue weighted by Gasteiger charge is -2.37. The van der Waals surface area contributed by atoms with Crippen molar-refractivity contribution in [3.05, 3.63) is 90.3 Å². The van der Waals surface area contributed by atoms with Gasteiger partial charge in [0.15, 0.2) is 0 Å². The number of methoxy groups -OCH3 is 1. The Kier molecular flexibility index (Phi) is 14.5. The van der Waals surface area contributed by atoms with Crippen LogP contribution in [0.5, 0.6) is 0 Å². The lowest BCUT2D eigenvalue weighted by molar-refractivity contribution is -0.155. The molecule has 0 spiro atoms. The molecule has 7 rings (SSSR count). The van der Waals surface area contributed by atoms with Gasteiger partial charge in [0.2, 0.25) is 17.7 Å². The van der Waals surface area contributed by atoms with Crippen molar-refractivity contribution in [1.82, 2.24) is 35.1 Å². The number of pyridine rings is 1. The van der Waals surface area contributed by atoms with Crippen LogP contribution in [0.2, 0.25) is 0 Å². The number of carbonyl (C=O) groups excluding carboxylic acids is 5. The van der Waals surface area contributed by atoms with Crippen molar-refractivity contribution in [2.75, 3.05) is 40.4 Å². The summed E-state index contributed by atoms with van der Waals surface area (Å²) >= 11 is 0. The molecule has 2 aromatic carbocycles. The number of amides is 4. The maximum atomic E-state index is 14.7. The van der Waals surface area contributed by atoms with Gasteiger partial charge >= 0.3 is 5.97 Å². The molecule has 5 heterocycles. The predicted octanol–water partition coefficient (Wildman–Crippen LogP) is 5.88. The number of hydrogen-bond donors (Lipinski definition) is 2. The van der Waals surface area contributed by atoms with Crippen LogP contribution in [-0.4, -0.2) is 112 Å². The summed E-state index contributed by atoms with van der Waals surface area (Å²) in [4.78, 5) is 77.2. The fourth-order valence-corrected chi connectivity index (χ4v) is 9.81. The number of benzene rings is 2. The molecule has 348 valence electrons. The van der Waals surface area contributed by atoms with Gasteiger partial charge in [-0.05, 0) is 91.1 Å². The summed E-state index contributed by atoms with van der Waals surface area (Å²) in [7, 11) is 3.26. The van der Waals surface area contributed by atoms with Gasteiger partial charge in [0, 0.05) is 68.3 Å². The van der Waals surface area contributed by atoms with E-state index in [-0.39, 0.29) is 43.4 Å². The topological polar surface area (TPSA) is 155 Å². The van der Waals surface area contributed by atoms with Crippen LogP contribution in [0.15, 0.2) is 73.4 Å². The van der Waals surface area contributed by atoms with Crippen LogP contribution < -0.4 is 10.7 Å². The summed E-state index contributed by atoms with van der Waals surface area (Å²) < 4.78 is 14.1. The van der Waals surface area contributed by atoms with E-state index in [2.05, 4.69) is 59.9 Å². The molecule has 2 aromatic heterocycles. The standard InChI is InChI=1S/C52H63N7O7/c1-10-23-58-43-20-19-36-28-39(43)40(47(58)38-17-13-22-53-45(38)33(5)65-9)29-52(6,7)31-66-51(64)41-18-14-24-59(55-41)50(63)42(27-34-15-12-16-35(36)26-34)54-48(61)46(32(3)4)56(8)49(62)37-21-25-57(30-37)44(60)11-2/h1,11-13,15-17,19-20,22,26,28,32-33,37,41-42,46,55H,2,14,18,21,23-25,27,29-31H2,3-9H3,(H,54,61)/t33-,37?,41-,42-,46-/m0/s1. The number of likely N-dealkylation sites (N-methyl/N-ethyl adjacent to an activating group) is 1. The minimum atomic E-state index is -1.07. The van der Waals surface area contributed by atoms with Gasteiger partial charge in [0.25, 0.3) is 5.91 Å². The van der Waals surface area contributed by atoms with E-state index in [4.69, 9.17) is 20.9 Å². The number of rotatable bonds is 10. The number of likely N-dealkylation sites (tertiary alicyclic amines) is 1. The fourth-order valence-electron chi connectivity index (χ4n) is 9.81. The van der Waals surface area contributed by atoms with Crippen LogP contribution in [0.25, 0.3) is 33.3 Å². The first-order valence-corrected chi connectivity index (χ1v) is 22.9. The van der Waals surface area contributed by atoms with Crippen molar-refractivity contribution in [2.45, 2.75) is 97.5 Å². The number of nitrogens with one attached hydrogen (secondary N) is 2. The van der Waals surface area contributed by atoms with Gasteiger partial charge in [0.1, 0.15) is 18.1 Å². The number of cyclic esters (lactones) is 1. The maximum Gasteiger partial charge on any atom is 0.324 e. The first-order valence-electron chi connectivity index (χ1n) is 22.9. The Bertz CT molecular complexity index is 2560. The molecule has 0 aliphatic carbocycles. The normalized spacial score (nSPS) is 20.8. The molecule has 1 unspecified atom stereocenters. The number of fused-ring (bicyclic) bond motifs is 6. The highest BCUT2D eigenvalue weighted by Crippen LogP contribution is 2.42. The van der Waals surface area contributed by atoms with E-state index < -0.39 is 47.2 Å². The Hall–Kier alpha value is -6.30. The lowest BCUT2D eigenvalue weighted by Crippen LogP contribution is -2.62. The zero-order valence-electron chi connectivity index (χ0n) is 39.3. The monoisotopic (exact) mass is 897 g/mol. The van der Waals surface area contributed by atoms with Gasteiger partial charge < -0.3 is 29.2 Å². The summed E-state index contributed by atoms with van der Waals surface area (Å²) in [5.41, 5.74) is 9.81. The molecular formula is C52H63N7O7. The Morgan fingerprint density at radius 2 is 1.86 bits per heavy atom. The number of esters is 1. The van der Waals surface area contributed by atoms with Gasteiger partial charge in [-0.2, -0.15) is 0 Å². The van der Waals surface area contributed by atoms with E-state index in [0.717, 1.165) is 50.1 Å². The second kappa shape index (κ2) is 20.1. The molecule has 2 fully saturated rings. The highest BCUT2D eigenvalue weighted by atomic mass is 16.5. The first kappa shape index (κ1) is 47.7. The quantitative estimate of drug-likeness (QED) is 0.113. The molecule has 5 atom stereocenters. The number of terminal acetylenes is 1. The SMILES string of the molecule is C#CCn1c(-c2cccnc2[C@H](C)OC)c2c3cc(ccc31)-c1cccc(c1)C[C@H](NC(=O)[C@H](C(C)C)N(C)C(=O)C1CCN(C(=O)C=C)C1)C(=O)N1CCC[C@H](N1)C(=O)OCC(C)(C)C2. The van der Waals surface area contributed by atoms with Gasteiger partial charge in [-0.1, -0.05) is 70.5 Å². The van der Waals surface area contributed by atoms with E-state index in [9.17, 15) is 24.0 Å². The average molecular weight is 898 g/mol. The Morgan fingerprint density at radius 1 is 1.09 bits per heavy atom. The van der Waals surface area contributed by atoms with E-state index >= 15 is 0 Å². The van der Waals surface area contributed by atoms with E-state index in [1.165, 1.54) is 16.0 Å². The second-order valence-corrected chi connectivity index (χ2v) is 19.0. The van der Waals surface area contributed by atoms with Crippen LogP contribution in [0.3, 0.4) is 0 Å². The Morgan fingerprint density at radius 3 is 2.59 bits per heavy atom. The Balaban J connectivity index is 1.30. The molecule has 3 aliphatic rings. The highest BCUT2D eigenvalue weighted by molar-refractivity contribution is 5.96. The van der Waals surface area contributed by atoms with Gasteiger partial charge in [-0.15, -0.1) is 6.42 Å². The van der Waals surface area contributed by atoms with Crippen molar-refractivity contribution in [2.24, 2.45) is 17.3 Å². The largest absolute Gasteiger partial charge is 0.464 e. The van der Waals surface area contributed by atoms with Crippen LogP contribution in [0.1, 0.15) is 76.8 Å². The third kappa shape index (κ3) is 9.93. The van der Waals surface area contributed by atoms with Crippen LogP contribution in [0.4, 0.5) is 0 Å². The molecule has 14 nitrogen and oxygen atoms in total. The number of carbonyl (C=O) groups is 5. The van der Waals surface area contributed by atoms with Crippen LogP contribution in [-0.2, 0) is 52.8 Å². The summed E-state index contributed by atoms with van der Waals surface area (Å²) in [6, 6.07) is 15.4. The average Bonchev–Trinajstić information content (AvgIpc) is 3.92. The number of aromatic nitrogens is 2. The molecule has 0 radical (unpaired) electrons. The minimum Gasteiger partial charge on any atom is -0.464 e. The second-order valence-electron chi connectivity index (χ2n) is 19.0. The zero-order valence-corrected chi connectivity index (χ0v) is 39.3. The molecule has 14 heteroatoms. The van der Waals surface area contributed by atoms with E-state index in [0.29, 0.717) is 45.3 Å². The first-order chi connectivity index (χ1) is 31.5. The van der Waals surface area contributed by atoms with E-state index in [1.54, 1.807) is 25.3 Å². The number of ether oxygens (including phenoxy) is 2. The fraction of sp³-hybridized carbons (Fsp3) is 0.462. The van der Waals surface area contributed by atoms with Crippen molar-refractivity contribution < 1.29 is 33.4 Å². The number of hydrogen-bond acceptors (Lipinski definition) is 9. The number of hydrazine groups is 1. The van der Waals surface area contributed by atoms with Crippen molar-refractivity contribution in [3.63, 3.8) is 0 Å². The molecule has 66 heavy (non-hydrogen) atoms. The van der Waals surface area contributed by atoms with Crippen molar-refractivity contribution in [1.29, 1.82) is 0 Å². The molecule has 3 aliphatic heterocycles. The molecule has 6 bridgehead atoms. The molecular weight excluding hydrogens is 835 g/mol. The maximum absolute atomic E-state index is 14.7. The zero-order chi connectivity index (χ0) is 47.4. The molecule has 2 N–H and O–H groups in total. The molecule has 2 saturated heterocycles. The highest BCUT2D eigenvalue weighted by Gasteiger charge is 2.40. The predicted molar refractivity (Wildman–Crippen MR) is 253 cm³/mol. The van der Waals surface area contributed by atoms with Crippen LogP contribution >= 0.6 is 0 Å².